The molecule has 2 aromatic carbocycles. The first-order chi connectivity index (χ1) is 14.5. The second kappa shape index (κ2) is 9.04. The fourth-order valence-corrected chi connectivity index (χ4v) is 4.71. The molecule has 0 bridgehead atoms. The van der Waals surface area contributed by atoms with Crippen LogP contribution in [0.2, 0.25) is 0 Å². The van der Waals surface area contributed by atoms with Crippen LogP contribution in [-0.4, -0.2) is 48.6 Å². The molecule has 1 fully saturated rings. The summed E-state index contributed by atoms with van der Waals surface area (Å²) in [6, 6.07) is 11.9. The van der Waals surface area contributed by atoms with Gasteiger partial charge in [0.15, 0.2) is 5.13 Å². The molecule has 1 saturated heterocycles. The van der Waals surface area contributed by atoms with E-state index < -0.39 is 0 Å². The molecule has 0 spiro atoms. The molecule has 0 saturated carbocycles. The highest BCUT2D eigenvalue weighted by Crippen LogP contribution is 2.31. The summed E-state index contributed by atoms with van der Waals surface area (Å²) in [6.07, 6.45) is 2.15. The molecule has 0 radical (unpaired) electrons. The van der Waals surface area contributed by atoms with Crippen molar-refractivity contribution in [2.24, 2.45) is 0 Å². The topological polar surface area (TPSA) is 45.7 Å². The van der Waals surface area contributed by atoms with E-state index in [9.17, 15) is 4.79 Å². The summed E-state index contributed by atoms with van der Waals surface area (Å²) in [4.78, 5) is 21.9. The molecule has 0 N–H and O–H groups in total. The lowest BCUT2D eigenvalue weighted by molar-refractivity contribution is 0.0746. The van der Waals surface area contributed by atoms with Crippen molar-refractivity contribution < 1.29 is 9.53 Å². The molecule has 1 aliphatic rings. The van der Waals surface area contributed by atoms with Gasteiger partial charge in [-0.05, 0) is 67.8 Å². The molecular weight excluding hydrogens is 394 g/mol. The molecule has 0 atom stereocenters. The van der Waals surface area contributed by atoms with Gasteiger partial charge in [-0.15, -0.1) is 0 Å². The Morgan fingerprint density at radius 3 is 2.47 bits per heavy atom. The minimum Gasteiger partial charge on any atom is -0.494 e. The smallest absolute Gasteiger partial charge is 0.253 e. The summed E-state index contributed by atoms with van der Waals surface area (Å²) in [5, 5.41) is 1.05. The number of nitrogens with zero attached hydrogens (tertiary/aromatic N) is 3. The molecule has 5 nitrogen and oxygen atoms in total. The van der Waals surface area contributed by atoms with Gasteiger partial charge in [-0.3, -0.25) is 4.79 Å². The lowest BCUT2D eigenvalue weighted by Crippen LogP contribution is -2.48. The molecule has 6 heteroatoms. The van der Waals surface area contributed by atoms with Crippen LogP contribution in [0.4, 0.5) is 5.13 Å². The van der Waals surface area contributed by atoms with Crippen LogP contribution in [0.1, 0.15) is 41.3 Å². The van der Waals surface area contributed by atoms with Gasteiger partial charge >= 0.3 is 0 Å². The number of aromatic nitrogens is 1. The number of hydrogen-bond acceptors (Lipinski definition) is 5. The Balaban J connectivity index is 1.36. The SMILES string of the molecule is CCCCOc1ccc(C(=O)N2CCN(c3nc4cc(C)c(C)cc4s3)CC2)cc1. The van der Waals surface area contributed by atoms with E-state index in [2.05, 4.69) is 37.8 Å². The zero-order valence-electron chi connectivity index (χ0n) is 18.0. The van der Waals surface area contributed by atoms with Gasteiger partial charge in [-0.2, -0.15) is 0 Å². The van der Waals surface area contributed by atoms with Crippen LogP contribution in [0, 0.1) is 13.8 Å². The number of ether oxygens (including phenoxy) is 1. The van der Waals surface area contributed by atoms with Crippen LogP contribution in [0.25, 0.3) is 10.2 Å². The number of fused-ring (bicyclic) bond motifs is 1. The largest absolute Gasteiger partial charge is 0.494 e. The average Bonchev–Trinajstić information content (AvgIpc) is 3.17. The van der Waals surface area contributed by atoms with Crippen LogP contribution in [0.5, 0.6) is 5.75 Å². The molecule has 0 unspecified atom stereocenters. The molecule has 1 aliphatic heterocycles. The number of thiazole rings is 1. The second-order valence-corrected chi connectivity index (χ2v) is 8.92. The van der Waals surface area contributed by atoms with E-state index in [0.717, 1.165) is 54.5 Å². The Hall–Kier alpha value is -2.60. The van der Waals surface area contributed by atoms with Gasteiger partial charge < -0.3 is 14.5 Å². The number of aryl methyl sites for hydroxylation is 2. The fourth-order valence-electron chi connectivity index (χ4n) is 3.61. The third-order valence-corrected chi connectivity index (χ3v) is 6.78. The van der Waals surface area contributed by atoms with Crippen LogP contribution in [-0.2, 0) is 0 Å². The zero-order valence-corrected chi connectivity index (χ0v) is 18.8. The standard InChI is InChI=1S/C24H29N3O2S/c1-4-5-14-29-20-8-6-19(7-9-20)23(28)26-10-12-27(13-11-26)24-25-21-15-17(2)18(3)16-22(21)30-24/h6-9,15-16H,4-5,10-14H2,1-3H3. The highest BCUT2D eigenvalue weighted by atomic mass is 32.1. The summed E-state index contributed by atoms with van der Waals surface area (Å²) in [5.41, 5.74) is 4.36. The van der Waals surface area contributed by atoms with E-state index in [4.69, 9.17) is 9.72 Å². The maximum absolute atomic E-state index is 12.9. The number of unbranched alkanes of at least 4 members (excludes halogenated alkanes) is 1. The van der Waals surface area contributed by atoms with Crippen molar-refractivity contribution in [3.8, 4) is 5.75 Å². The van der Waals surface area contributed by atoms with E-state index in [-0.39, 0.29) is 5.91 Å². The molecule has 30 heavy (non-hydrogen) atoms. The van der Waals surface area contributed by atoms with Crippen molar-refractivity contribution in [3.63, 3.8) is 0 Å². The maximum atomic E-state index is 12.9. The number of piperazine rings is 1. The molecule has 158 valence electrons. The van der Waals surface area contributed by atoms with E-state index in [1.165, 1.54) is 15.8 Å². The van der Waals surface area contributed by atoms with Crippen molar-refractivity contribution in [2.45, 2.75) is 33.6 Å². The van der Waals surface area contributed by atoms with Gasteiger partial charge in [0.25, 0.3) is 5.91 Å². The van der Waals surface area contributed by atoms with Crippen LogP contribution in [0.15, 0.2) is 36.4 Å². The van der Waals surface area contributed by atoms with E-state index >= 15 is 0 Å². The van der Waals surface area contributed by atoms with Gasteiger partial charge in [0, 0.05) is 31.7 Å². The third-order valence-electron chi connectivity index (χ3n) is 5.70. The number of benzene rings is 2. The highest BCUT2D eigenvalue weighted by molar-refractivity contribution is 7.22. The van der Waals surface area contributed by atoms with Crippen molar-refractivity contribution in [2.75, 3.05) is 37.7 Å². The molecule has 1 aromatic heterocycles. The lowest BCUT2D eigenvalue weighted by Gasteiger charge is -2.34. The summed E-state index contributed by atoms with van der Waals surface area (Å²) in [6.45, 7) is 10.2. The number of hydrogen-bond donors (Lipinski definition) is 0. The quantitative estimate of drug-likeness (QED) is 0.520. The number of carbonyl (C=O) groups is 1. The van der Waals surface area contributed by atoms with Gasteiger partial charge in [-0.25, -0.2) is 4.98 Å². The van der Waals surface area contributed by atoms with Crippen molar-refractivity contribution in [1.82, 2.24) is 9.88 Å². The lowest BCUT2D eigenvalue weighted by atomic mass is 10.1. The van der Waals surface area contributed by atoms with E-state index in [1.54, 1.807) is 11.3 Å². The first-order valence-electron chi connectivity index (χ1n) is 10.7. The van der Waals surface area contributed by atoms with Crippen molar-refractivity contribution in [1.29, 1.82) is 0 Å². The normalized spacial score (nSPS) is 14.4. The maximum Gasteiger partial charge on any atom is 0.253 e. The van der Waals surface area contributed by atoms with Crippen LogP contribution < -0.4 is 9.64 Å². The second-order valence-electron chi connectivity index (χ2n) is 7.91. The monoisotopic (exact) mass is 423 g/mol. The number of amides is 1. The first-order valence-corrected chi connectivity index (χ1v) is 11.5. The van der Waals surface area contributed by atoms with Gasteiger partial charge in [-0.1, -0.05) is 24.7 Å². The van der Waals surface area contributed by atoms with Crippen LogP contribution >= 0.6 is 11.3 Å². The van der Waals surface area contributed by atoms with E-state index in [0.29, 0.717) is 13.1 Å². The summed E-state index contributed by atoms with van der Waals surface area (Å²) >= 11 is 1.74. The number of anilines is 1. The molecule has 0 aliphatic carbocycles. The van der Waals surface area contributed by atoms with Crippen LogP contribution in [0.3, 0.4) is 0 Å². The predicted molar refractivity (Wildman–Crippen MR) is 124 cm³/mol. The predicted octanol–water partition coefficient (Wildman–Crippen LogP) is 5.05. The summed E-state index contributed by atoms with van der Waals surface area (Å²) in [7, 11) is 0. The Labute approximate surface area is 182 Å². The van der Waals surface area contributed by atoms with Gasteiger partial charge in [0.05, 0.1) is 16.8 Å². The summed E-state index contributed by atoms with van der Waals surface area (Å²) in [5.74, 6) is 0.913. The number of carbonyl (C=O) groups excluding carboxylic acids is 1. The minimum absolute atomic E-state index is 0.0882. The van der Waals surface area contributed by atoms with Crippen molar-refractivity contribution in [3.05, 3.63) is 53.1 Å². The van der Waals surface area contributed by atoms with E-state index in [1.807, 2.05) is 29.2 Å². The molecule has 4 rings (SSSR count). The molecule has 1 amide bonds. The molecular formula is C24H29N3O2S. The molecule has 3 aromatic rings. The first kappa shape index (κ1) is 20.7. The third kappa shape index (κ3) is 4.43. The minimum atomic E-state index is 0.0882. The zero-order chi connectivity index (χ0) is 21.1. The van der Waals surface area contributed by atoms with Crippen molar-refractivity contribution >= 4 is 32.6 Å². The Morgan fingerprint density at radius 2 is 1.77 bits per heavy atom. The summed E-state index contributed by atoms with van der Waals surface area (Å²) < 4.78 is 6.92. The van der Waals surface area contributed by atoms with Gasteiger partial charge in [0.1, 0.15) is 5.75 Å². The Kier molecular flexibility index (Phi) is 6.23. The average molecular weight is 424 g/mol. The Morgan fingerprint density at radius 1 is 1.07 bits per heavy atom. The molecule has 2 heterocycles. The number of rotatable bonds is 6. The highest BCUT2D eigenvalue weighted by Gasteiger charge is 2.24. The van der Waals surface area contributed by atoms with Gasteiger partial charge in [0.2, 0.25) is 0 Å². The fraction of sp³-hybridized carbons (Fsp3) is 0.417. The Bertz CT molecular complexity index is 982.